The molecule has 0 aliphatic carbocycles. The number of allylic oxidation sites excluding steroid dienone is 2. The molecule has 11 nitrogen and oxygen atoms in total. The molecule has 0 saturated carbocycles. The van der Waals surface area contributed by atoms with Crippen LogP contribution in [0.25, 0.3) is 0 Å². The van der Waals surface area contributed by atoms with Crippen LogP contribution in [-0.2, 0) is 23.7 Å². The summed E-state index contributed by atoms with van der Waals surface area (Å²) >= 11 is 0. The standard InChI is InChI=1S/C39H64N2O9/c1-26(2)35(44)28(4)36-32(49-36)25-38(5,46)18-9-8-12-31-27(3)13-14-33(39(6,47-7)19-15-30(42)24-34(43)48-31)50-37(45)41-22-16-29(17-23-41)40-20-10-11-21-40/h8-9,12-14,18,26-33,35-36,42,44,46H,10-11,15-17,19-25H2,1-7H3/b12-8+,14-13+,18-9+. The Balaban J connectivity index is 1.41. The first-order valence-electron chi connectivity index (χ1n) is 18.8. The van der Waals surface area contributed by atoms with E-state index in [1.807, 2.05) is 46.8 Å². The van der Waals surface area contributed by atoms with Crippen LogP contribution in [0.5, 0.6) is 0 Å². The van der Waals surface area contributed by atoms with Gasteiger partial charge in [0, 0.05) is 44.5 Å². The number of methoxy groups -OCH3 is 1. The largest absolute Gasteiger partial charge is 0.457 e. The van der Waals surface area contributed by atoms with Gasteiger partial charge < -0.3 is 44.1 Å². The number of epoxide rings is 1. The van der Waals surface area contributed by atoms with Crippen LogP contribution in [0, 0.1) is 17.8 Å². The average molecular weight is 705 g/mol. The number of amides is 1. The number of likely N-dealkylation sites (tertiary alicyclic amines) is 2. The van der Waals surface area contributed by atoms with E-state index >= 15 is 0 Å². The van der Waals surface area contributed by atoms with E-state index in [-0.39, 0.29) is 48.9 Å². The molecular formula is C39H64N2O9. The molecule has 4 heterocycles. The first kappa shape index (κ1) is 40.5. The summed E-state index contributed by atoms with van der Waals surface area (Å²) in [6.45, 7) is 15.0. The number of carbonyl (C=O) groups is 2. The van der Waals surface area contributed by atoms with Gasteiger partial charge in [0.2, 0.25) is 0 Å². The number of piperidine rings is 1. The predicted molar refractivity (Wildman–Crippen MR) is 191 cm³/mol. The Labute approximate surface area is 299 Å². The van der Waals surface area contributed by atoms with Crippen molar-refractivity contribution in [1.82, 2.24) is 9.80 Å². The van der Waals surface area contributed by atoms with Crippen LogP contribution in [0.2, 0.25) is 0 Å². The molecule has 10 atom stereocenters. The second-order valence-corrected chi connectivity index (χ2v) is 15.9. The van der Waals surface area contributed by atoms with E-state index in [4.69, 9.17) is 18.9 Å². The zero-order valence-corrected chi connectivity index (χ0v) is 31.4. The third-order valence-corrected chi connectivity index (χ3v) is 11.3. The van der Waals surface area contributed by atoms with Gasteiger partial charge in [0.25, 0.3) is 0 Å². The van der Waals surface area contributed by atoms with E-state index in [0.717, 1.165) is 25.9 Å². The van der Waals surface area contributed by atoms with E-state index in [9.17, 15) is 24.9 Å². The molecule has 10 unspecified atom stereocenters. The zero-order chi connectivity index (χ0) is 36.6. The number of hydrogen-bond acceptors (Lipinski definition) is 10. The highest BCUT2D eigenvalue weighted by Gasteiger charge is 2.48. The van der Waals surface area contributed by atoms with E-state index in [2.05, 4.69) is 4.90 Å². The molecule has 284 valence electrons. The van der Waals surface area contributed by atoms with Gasteiger partial charge in [0.15, 0.2) is 6.10 Å². The van der Waals surface area contributed by atoms with Gasteiger partial charge >= 0.3 is 12.1 Å². The highest BCUT2D eigenvalue weighted by Crippen LogP contribution is 2.38. The summed E-state index contributed by atoms with van der Waals surface area (Å²) in [4.78, 5) is 30.7. The molecule has 4 aliphatic heterocycles. The number of aliphatic hydroxyl groups is 3. The maximum absolute atomic E-state index is 13.5. The van der Waals surface area contributed by atoms with Crippen LogP contribution in [0.4, 0.5) is 4.79 Å². The zero-order valence-electron chi connectivity index (χ0n) is 31.4. The third kappa shape index (κ3) is 11.4. The van der Waals surface area contributed by atoms with Crippen LogP contribution >= 0.6 is 0 Å². The van der Waals surface area contributed by atoms with Crippen molar-refractivity contribution in [1.29, 1.82) is 0 Å². The molecule has 3 saturated heterocycles. The van der Waals surface area contributed by atoms with Crippen molar-refractivity contribution in [2.24, 2.45) is 17.8 Å². The van der Waals surface area contributed by atoms with Crippen molar-refractivity contribution in [3.8, 4) is 0 Å². The van der Waals surface area contributed by atoms with Crippen molar-refractivity contribution in [2.75, 3.05) is 33.3 Å². The molecule has 0 aromatic rings. The fourth-order valence-corrected chi connectivity index (χ4v) is 7.58. The number of rotatable bonds is 11. The first-order chi connectivity index (χ1) is 23.6. The van der Waals surface area contributed by atoms with Crippen molar-refractivity contribution < 1.29 is 43.9 Å². The van der Waals surface area contributed by atoms with Crippen LogP contribution in [0.3, 0.4) is 0 Å². The van der Waals surface area contributed by atoms with Crippen LogP contribution < -0.4 is 0 Å². The summed E-state index contributed by atoms with van der Waals surface area (Å²) in [7, 11) is 1.57. The smallest absolute Gasteiger partial charge is 0.410 e. The molecule has 11 heteroatoms. The van der Waals surface area contributed by atoms with Gasteiger partial charge in [-0.1, -0.05) is 52.0 Å². The van der Waals surface area contributed by atoms with Crippen LogP contribution in [0.15, 0.2) is 36.5 Å². The van der Waals surface area contributed by atoms with E-state index in [0.29, 0.717) is 32.0 Å². The molecule has 3 N–H and O–H groups in total. The topological polar surface area (TPSA) is 142 Å². The summed E-state index contributed by atoms with van der Waals surface area (Å²) in [5.74, 6) is -0.721. The van der Waals surface area contributed by atoms with Gasteiger partial charge in [0.05, 0.1) is 36.4 Å². The highest BCUT2D eigenvalue weighted by atomic mass is 16.6. The average Bonchev–Trinajstić information content (AvgIpc) is 3.59. The lowest BCUT2D eigenvalue weighted by atomic mass is 9.88. The van der Waals surface area contributed by atoms with Gasteiger partial charge in [-0.05, 0) is 83.5 Å². The van der Waals surface area contributed by atoms with Crippen molar-refractivity contribution >= 4 is 12.1 Å². The molecule has 4 aliphatic rings. The Morgan fingerprint density at radius 3 is 2.44 bits per heavy atom. The Hall–Kier alpha value is -2.28. The van der Waals surface area contributed by atoms with Gasteiger partial charge in [-0.15, -0.1) is 0 Å². The minimum atomic E-state index is -1.14. The molecule has 50 heavy (non-hydrogen) atoms. The van der Waals surface area contributed by atoms with Crippen LogP contribution in [-0.4, -0.2) is 124 Å². The number of carbonyl (C=O) groups excluding carboxylic acids is 2. The molecule has 3 fully saturated rings. The highest BCUT2D eigenvalue weighted by molar-refractivity contribution is 5.70. The normalized spacial score (nSPS) is 35.3. The molecule has 0 bridgehead atoms. The minimum absolute atomic E-state index is 0.0226. The molecule has 0 spiro atoms. The fourth-order valence-electron chi connectivity index (χ4n) is 7.58. The summed E-state index contributed by atoms with van der Waals surface area (Å²) < 4.78 is 23.7. The molecule has 0 radical (unpaired) electrons. The lowest BCUT2D eigenvalue weighted by Gasteiger charge is -2.39. The summed E-state index contributed by atoms with van der Waals surface area (Å²) in [5, 5.41) is 32.2. The van der Waals surface area contributed by atoms with Crippen molar-refractivity contribution in [2.45, 2.75) is 147 Å². The fraction of sp³-hybridized carbons (Fsp3) is 0.795. The third-order valence-electron chi connectivity index (χ3n) is 11.3. The molecule has 1 amide bonds. The van der Waals surface area contributed by atoms with Crippen LogP contribution in [0.1, 0.15) is 92.9 Å². The van der Waals surface area contributed by atoms with E-state index in [1.54, 1.807) is 43.2 Å². The first-order valence-corrected chi connectivity index (χ1v) is 18.8. The number of ether oxygens (including phenoxy) is 4. The second-order valence-electron chi connectivity index (χ2n) is 15.9. The lowest BCUT2D eigenvalue weighted by Crippen LogP contribution is -2.49. The van der Waals surface area contributed by atoms with Crippen molar-refractivity contribution in [3.05, 3.63) is 36.5 Å². The molecular weight excluding hydrogens is 640 g/mol. The quantitative estimate of drug-likeness (QED) is 0.119. The summed E-state index contributed by atoms with van der Waals surface area (Å²) in [6, 6.07) is 0.515. The van der Waals surface area contributed by atoms with Gasteiger partial charge in [0.1, 0.15) is 11.7 Å². The predicted octanol–water partition coefficient (Wildman–Crippen LogP) is 4.78. The Morgan fingerprint density at radius 2 is 1.80 bits per heavy atom. The van der Waals surface area contributed by atoms with Gasteiger partial charge in [-0.2, -0.15) is 0 Å². The molecule has 4 rings (SSSR count). The monoisotopic (exact) mass is 704 g/mol. The second kappa shape index (κ2) is 18.0. The van der Waals surface area contributed by atoms with E-state index < -0.39 is 41.6 Å². The van der Waals surface area contributed by atoms with Gasteiger partial charge in [-0.25, -0.2) is 4.79 Å². The maximum atomic E-state index is 13.5. The number of hydrogen-bond donors (Lipinski definition) is 3. The number of cyclic esters (lactones) is 1. The lowest BCUT2D eigenvalue weighted by molar-refractivity contribution is -0.151. The Morgan fingerprint density at radius 1 is 1.12 bits per heavy atom. The Bertz CT molecular complexity index is 1190. The number of esters is 1. The SMILES string of the molecule is COC1(C)CCC(O)CC(=O)OC(/C=C/C=C/C(C)(O)CC2OC2C(C)C(O)C(C)C)C(C)/C=C/C1OC(=O)N1CCC(N2CCCC2)CC1. The minimum Gasteiger partial charge on any atom is -0.457 e. The van der Waals surface area contributed by atoms with Gasteiger partial charge in [-0.3, -0.25) is 4.79 Å². The van der Waals surface area contributed by atoms with E-state index in [1.165, 1.54) is 12.8 Å². The molecule has 0 aromatic heterocycles. The summed E-state index contributed by atoms with van der Waals surface area (Å²) in [5.41, 5.74) is -2.07. The number of nitrogens with zero attached hydrogens (tertiary/aromatic N) is 2. The maximum Gasteiger partial charge on any atom is 0.410 e. The molecule has 0 aromatic carbocycles. The summed E-state index contributed by atoms with van der Waals surface area (Å²) in [6.07, 6.45) is 12.3. The van der Waals surface area contributed by atoms with Crippen molar-refractivity contribution in [3.63, 3.8) is 0 Å². The number of aliphatic hydroxyl groups excluding tert-OH is 2. The Kier molecular flexibility index (Phi) is 14.6.